The Kier molecular flexibility index (Phi) is 4.51. The molecule has 2 aliphatic rings. The maximum atomic E-state index is 14.5. The lowest BCUT2D eigenvalue weighted by molar-refractivity contribution is 0.0948. The van der Waals surface area contributed by atoms with Crippen molar-refractivity contribution in [3.8, 4) is 0 Å². The third-order valence-corrected chi connectivity index (χ3v) is 4.42. The smallest absolute Gasteiger partial charge is 0.169 e. The van der Waals surface area contributed by atoms with Gasteiger partial charge in [0.05, 0.1) is 17.9 Å². The van der Waals surface area contributed by atoms with Crippen molar-refractivity contribution in [1.82, 2.24) is 10.5 Å². The highest BCUT2D eigenvalue weighted by molar-refractivity contribution is 6.01. The summed E-state index contributed by atoms with van der Waals surface area (Å²) >= 11 is 0. The summed E-state index contributed by atoms with van der Waals surface area (Å²) in [6.07, 6.45) is 2.02. The first-order valence-corrected chi connectivity index (χ1v) is 8.42. The number of anilines is 2. The topological polar surface area (TPSA) is 74.9 Å². The SMILES string of the molecule is Fc1cc(C2=NOC(CNc3ccon3)C2)ccc1N1CCNCC1. The molecule has 2 N–H and O–H groups in total. The van der Waals surface area contributed by atoms with E-state index in [4.69, 9.17) is 9.36 Å². The van der Waals surface area contributed by atoms with Crippen molar-refractivity contribution in [2.45, 2.75) is 12.5 Å². The molecule has 8 heteroatoms. The number of nitrogens with zero attached hydrogens (tertiary/aromatic N) is 3. The van der Waals surface area contributed by atoms with Crippen LogP contribution in [0.1, 0.15) is 12.0 Å². The average molecular weight is 345 g/mol. The summed E-state index contributed by atoms with van der Waals surface area (Å²) in [5.41, 5.74) is 2.17. The lowest BCUT2D eigenvalue weighted by atomic mass is 10.0. The van der Waals surface area contributed by atoms with Crippen LogP contribution in [0.25, 0.3) is 0 Å². The number of halogens is 1. The van der Waals surface area contributed by atoms with Gasteiger partial charge in [-0.1, -0.05) is 16.4 Å². The summed E-state index contributed by atoms with van der Waals surface area (Å²) in [6, 6.07) is 7.03. The third-order valence-electron chi connectivity index (χ3n) is 4.42. The Morgan fingerprint density at radius 1 is 1.28 bits per heavy atom. The number of aromatic nitrogens is 1. The molecule has 7 nitrogen and oxygen atoms in total. The standard InChI is InChI=1S/C17H20FN5O2/c18-14-9-12(1-2-16(14)23-6-4-19-5-7-23)15-10-13(25-21-15)11-20-17-3-8-24-22-17/h1-3,8-9,13,19H,4-7,10-11H2,(H,20,22). The van der Waals surface area contributed by atoms with Gasteiger partial charge in [0.1, 0.15) is 18.2 Å². The zero-order chi connectivity index (χ0) is 17.1. The highest BCUT2D eigenvalue weighted by atomic mass is 19.1. The summed E-state index contributed by atoms with van der Waals surface area (Å²) in [6.45, 7) is 3.94. The summed E-state index contributed by atoms with van der Waals surface area (Å²) in [4.78, 5) is 7.49. The van der Waals surface area contributed by atoms with Crippen molar-refractivity contribution in [3.63, 3.8) is 0 Å². The van der Waals surface area contributed by atoms with E-state index in [9.17, 15) is 4.39 Å². The van der Waals surface area contributed by atoms with E-state index in [-0.39, 0.29) is 11.9 Å². The second-order valence-corrected chi connectivity index (χ2v) is 6.14. The molecule has 0 aliphatic carbocycles. The number of hydrogen-bond donors (Lipinski definition) is 2. The first kappa shape index (κ1) is 15.9. The van der Waals surface area contributed by atoms with E-state index in [1.807, 2.05) is 12.1 Å². The molecule has 1 aromatic heterocycles. The molecule has 25 heavy (non-hydrogen) atoms. The van der Waals surface area contributed by atoms with Gasteiger partial charge in [-0.05, 0) is 12.1 Å². The third kappa shape index (κ3) is 3.58. The molecule has 0 amide bonds. The molecular formula is C17H20FN5O2. The van der Waals surface area contributed by atoms with Crippen LogP contribution in [0, 0.1) is 5.82 Å². The van der Waals surface area contributed by atoms with E-state index in [0.29, 0.717) is 24.5 Å². The molecule has 1 atom stereocenters. The van der Waals surface area contributed by atoms with E-state index in [1.165, 1.54) is 6.26 Å². The second kappa shape index (κ2) is 7.10. The van der Waals surface area contributed by atoms with Gasteiger partial charge in [0.15, 0.2) is 5.82 Å². The normalized spacial score (nSPS) is 20.3. The van der Waals surface area contributed by atoms with Crippen LogP contribution >= 0.6 is 0 Å². The lowest BCUT2D eigenvalue weighted by Gasteiger charge is -2.29. The van der Waals surface area contributed by atoms with E-state index >= 15 is 0 Å². The van der Waals surface area contributed by atoms with Crippen LogP contribution in [0.3, 0.4) is 0 Å². The lowest BCUT2D eigenvalue weighted by Crippen LogP contribution is -2.43. The number of oxime groups is 1. The van der Waals surface area contributed by atoms with Crippen LogP contribution in [-0.4, -0.2) is 49.7 Å². The quantitative estimate of drug-likeness (QED) is 0.861. The molecule has 132 valence electrons. The van der Waals surface area contributed by atoms with Gasteiger partial charge in [-0.2, -0.15) is 0 Å². The number of rotatable bonds is 5. The molecular weight excluding hydrogens is 325 g/mol. The van der Waals surface area contributed by atoms with E-state index in [0.717, 1.165) is 37.5 Å². The van der Waals surface area contributed by atoms with Gasteiger partial charge in [0.2, 0.25) is 0 Å². The van der Waals surface area contributed by atoms with Crippen LogP contribution in [0.2, 0.25) is 0 Å². The van der Waals surface area contributed by atoms with Crippen molar-refractivity contribution in [2.75, 3.05) is 42.9 Å². The molecule has 0 spiro atoms. The molecule has 0 saturated carbocycles. The number of piperazine rings is 1. The molecule has 1 unspecified atom stereocenters. The molecule has 2 aromatic rings. The van der Waals surface area contributed by atoms with Gasteiger partial charge in [-0.15, -0.1) is 0 Å². The molecule has 0 bridgehead atoms. The largest absolute Gasteiger partial charge is 0.390 e. The summed E-state index contributed by atoms with van der Waals surface area (Å²) in [7, 11) is 0. The Bertz CT molecular complexity index is 744. The molecule has 1 aromatic carbocycles. The van der Waals surface area contributed by atoms with Crippen molar-refractivity contribution in [2.24, 2.45) is 5.16 Å². The molecule has 2 aliphatic heterocycles. The number of nitrogens with one attached hydrogen (secondary N) is 2. The van der Waals surface area contributed by atoms with Crippen LogP contribution in [-0.2, 0) is 4.84 Å². The monoisotopic (exact) mass is 345 g/mol. The highest BCUT2D eigenvalue weighted by Gasteiger charge is 2.23. The molecule has 0 radical (unpaired) electrons. The summed E-state index contributed by atoms with van der Waals surface area (Å²) < 4.78 is 19.3. The Balaban J connectivity index is 1.38. The second-order valence-electron chi connectivity index (χ2n) is 6.14. The summed E-state index contributed by atoms with van der Waals surface area (Å²) in [5, 5.41) is 14.3. The minimum absolute atomic E-state index is 0.109. The maximum Gasteiger partial charge on any atom is 0.169 e. The highest BCUT2D eigenvalue weighted by Crippen LogP contribution is 2.24. The maximum absolute atomic E-state index is 14.5. The Morgan fingerprint density at radius 3 is 2.92 bits per heavy atom. The fraction of sp³-hybridized carbons (Fsp3) is 0.412. The van der Waals surface area contributed by atoms with Crippen molar-refractivity contribution < 1.29 is 13.8 Å². The number of benzene rings is 1. The van der Waals surface area contributed by atoms with Crippen LogP contribution < -0.4 is 15.5 Å². The van der Waals surface area contributed by atoms with Gasteiger partial charge in [0, 0.05) is 44.2 Å². The van der Waals surface area contributed by atoms with Gasteiger partial charge < -0.3 is 24.9 Å². The van der Waals surface area contributed by atoms with Crippen molar-refractivity contribution in [3.05, 3.63) is 41.9 Å². The van der Waals surface area contributed by atoms with Gasteiger partial charge in [-0.3, -0.25) is 0 Å². The zero-order valence-corrected chi connectivity index (χ0v) is 13.7. The van der Waals surface area contributed by atoms with Crippen LogP contribution in [0.15, 0.2) is 40.2 Å². The Labute approximate surface area is 144 Å². The molecule has 3 heterocycles. The minimum atomic E-state index is -0.216. The summed E-state index contributed by atoms with van der Waals surface area (Å²) in [5.74, 6) is 0.440. The Morgan fingerprint density at radius 2 is 2.16 bits per heavy atom. The zero-order valence-electron chi connectivity index (χ0n) is 13.7. The number of hydrogen-bond acceptors (Lipinski definition) is 7. The van der Waals surface area contributed by atoms with Crippen LogP contribution in [0.5, 0.6) is 0 Å². The van der Waals surface area contributed by atoms with E-state index in [2.05, 4.69) is 25.8 Å². The average Bonchev–Trinajstić information content (AvgIpc) is 3.32. The van der Waals surface area contributed by atoms with Crippen molar-refractivity contribution in [1.29, 1.82) is 0 Å². The Hall–Kier alpha value is -2.61. The predicted molar refractivity (Wildman–Crippen MR) is 92.5 cm³/mol. The van der Waals surface area contributed by atoms with Gasteiger partial charge in [0.25, 0.3) is 0 Å². The van der Waals surface area contributed by atoms with E-state index < -0.39 is 0 Å². The molecule has 1 saturated heterocycles. The predicted octanol–water partition coefficient (Wildman–Crippen LogP) is 1.83. The van der Waals surface area contributed by atoms with E-state index in [1.54, 1.807) is 12.1 Å². The van der Waals surface area contributed by atoms with Gasteiger partial charge in [-0.25, -0.2) is 4.39 Å². The molecule has 1 fully saturated rings. The fourth-order valence-corrected chi connectivity index (χ4v) is 3.08. The molecule has 4 rings (SSSR count). The minimum Gasteiger partial charge on any atom is -0.390 e. The van der Waals surface area contributed by atoms with Gasteiger partial charge >= 0.3 is 0 Å². The first-order chi connectivity index (χ1) is 12.3. The first-order valence-electron chi connectivity index (χ1n) is 8.42. The fourth-order valence-electron chi connectivity index (χ4n) is 3.08. The van der Waals surface area contributed by atoms with Crippen molar-refractivity contribution >= 4 is 17.2 Å². The van der Waals surface area contributed by atoms with Crippen LogP contribution in [0.4, 0.5) is 15.9 Å².